The number of nitrogens with one attached hydrogen (secondary N) is 1. The van der Waals surface area contributed by atoms with Crippen molar-refractivity contribution in [3.63, 3.8) is 0 Å². The van der Waals surface area contributed by atoms with Crippen LogP contribution in [0.25, 0.3) is 0 Å². The van der Waals surface area contributed by atoms with E-state index in [1.807, 2.05) is 7.05 Å². The molecular weight excluding hydrogens is 224 g/mol. The number of likely N-dealkylation sites (N-methyl/N-ethyl adjacent to an activating group) is 2. The third-order valence-corrected chi connectivity index (χ3v) is 4.68. The van der Waals surface area contributed by atoms with Crippen molar-refractivity contribution < 1.29 is 8.42 Å². The minimum Gasteiger partial charge on any atom is -0.313 e. The minimum atomic E-state index is -2.78. The van der Waals surface area contributed by atoms with E-state index < -0.39 is 9.84 Å². The number of hydrogen-bond acceptors (Lipinski definition) is 4. The molecule has 0 spiro atoms. The fraction of sp³-hybridized carbons (Fsp3) is 0.818. The van der Waals surface area contributed by atoms with Gasteiger partial charge in [-0.25, -0.2) is 8.42 Å². The van der Waals surface area contributed by atoms with E-state index in [1.54, 1.807) is 0 Å². The summed E-state index contributed by atoms with van der Waals surface area (Å²) in [7, 11) is -0.805. The maximum Gasteiger partial charge on any atom is 0.151 e. The van der Waals surface area contributed by atoms with Crippen LogP contribution in [-0.2, 0) is 9.84 Å². The molecule has 4 nitrogen and oxygen atoms in total. The summed E-state index contributed by atoms with van der Waals surface area (Å²) in [5.41, 5.74) is 1.11. The average molecular weight is 246 g/mol. The van der Waals surface area contributed by atoms with E-state index in [2.05, 4.69) is 23.7 Å². The third-order valence-electron chi connectivity index (χ3n) is 2.93. The van der Waals surface area contributed by atoms with Crippen molar-refractivity contribution in [1.29, 1.82) is 0 Å². The number of nitrogens with zero attached hydrogens (tertiary/aromatic N) is 1. The van der Waals surface area contributed by atoms with Crippen LogP contribution in [0.5, 0.6) is 0 Å². The van der Waals surface area contributed by atoms with Crippen LogP contribution in [0.4, 0.5) is 0 Å². The van der Waals surface area contributed by atoms with Gasteiger partial charge in [-0.3, -0.25) is 4.90 Å². The van der Waals surface area contributed by atoms with Crippen molar-refractivity contribution in [2.24, 2.45) is 0 Å². The molecule has 1 saturated heterocycles. The Bertz CT molecular complexity index is 338. The smallest absolute Gasteiger partial charge is 0.151 e. The second kappa shape index (κ2) is 5.80. The molecule has 0 aliphatic carbocycles. The molecule has 1 N–H and O–H groups in total. The van der Waals surface area contributed by atoms with Crippen molar-refractivity contribution in [2.45, 2.75) is 19.4 Å². The van der Waals surface area contributed by atoms with Crippen LogP contribution in [-0.4, -0.2) is 57.5 Å². The van der Waals surface area contributed by atoms with E-state index in [0.717, 1.165) is 31.6 Å². The average Bonchev–Trinajstić information content (AvgIpc) is 2.56. The highest BCUT2D eigenvalue weighted by Gasteiger charge is 2.30. The number of hydrogen-bond donors (Lipinski definition) is 1. The van der Waals surface area contributed by atoms with Gasteiger partial charge in [0.15, 0.2) is 9.84 Å². The van der Waals surface area contributed by atoms with Crippen LogP contribution < -0.4 is 5.32 Å². The zero-order chi connectivity index (χ0) is 12.2. The van der Waals surface area contributed by atoms with Crippen LogP contribution in [0.1, 0.15) is 13.3 Å². The van der Waals surface area contributed by atoms with Gasteiger partial charge in [0, 0.05) is 19.1 Å². The van der Waals surface area contributed by atoms with Crippen molar-refractivity contribution >= 4 is 9.84 Å². The summed E-state index contributed by atoms with van der Waals surface area (Å²) >= 11 is 0. The second-order valence-electron chi connectivity index (χ2n) is 4.50. The van der Waals surface area contributed by atoms with E-state index in [4.69, 9.17) is 0 Å². The predicted octanol–water partition coefficient (Wildman–Crippen LogP) is 0.271. The number of rotatable bonds is 6. The Balaban J connectivity index is 2.36. The maximum atomic E-state index is 11.3. The topological polar surface area (TPSA) is 49.4 Å². The SMILES string of the molecule is C=C(CNCC)CN(C)C1CCS(=O)(=O)C1. The van der Waals surface area contributed by atoms with Gasteiger partial charge in [-0.2, -0.15) is 0 Å². The Hall–Kier alpha value is -0.390. The lowest BCUT2D eigenvalue weighted by Gasteiger charge is -2.24. The molecule has 1 unspecified atom stereocenters. The van der Waals surface area contributed by atoms with Crippen molar-refractivity contribution in [3.8, 4) is 0 Å². The Kier molecular flexibility index (Phi) is 4.95. The molecule has 0 radical (unpaired) electrons. The molecule has 1 aliphatic heterocycles. The Morgan fingerprint density at radius 1 is 1.56 bits per heavy atom. The predicted molar refractivity (Wildman–Crippen MR) is 67.4 cm³/mol. The normalized spacial score (nSPS) is 23.8. The first kappa shape index (κ1) is 13.7. The first-order valence-corrected chi connectivity index (χ1v) is 7.55. The number of sulfone groups is 1. The zero-order valence-corrected chi connectivity index (χ0v) is 11.0. The van der Waals surface area contributed by atoms with E-state index in [1.165, 1.54) is 0 Å². The standard InChI is InChI=1S/C11H22N2O2S/c1-4-12-7-10(2)8-13(3)11-5-6-16(14,15)9-11/h11-12H,2,4-9H2,1,3H3. The molecule has 0 bridgehead atoms. The molecule has 1 rings (SSSR count). The first-order chi connectivity index (χ1) is 7.44. The lowest BCUT2D eigenvalue weighted by molar-refractivity contribution is 0.281. The lowest BCUT2D eigenvalue weighted by atomic mass is 10.2. The summed E-state index contributed by atoms with van der Waals surface area (Å²) in [5.74, 6) is 0.639. The summed E-state index contributed by atoms with van der Waals surface area (Å²) in [4.78, 5) is 2.10. The van der Waals surface area contributed by atoms with Gasteiger partial charge >= 0.3 is 0 Å². The molecule has 0 aromatic heterocycles. The van der Waals surface area contributed by atoms with Gasteiger partial charge in [-0.05, 0) is 25.6 Å². The van der Waals surface area contributed by atoms with Crippen LogP contribution in [0, 0.1) is 0 Å². The highest BCUT2D eigenvalue weighted by molar-refractivity contribution is 7.91. The molecule has 0 saturated carbocycles. The van der Waals surface area contributed by atoms with Crippen molar-refractivity contribution in [1.82, 2.24) is 10.2 Å². The summed E-state index contributed by atoms with van der Waals surface area (Å²) in [6.45, 7) is 8.55. The fourth-order valence-electron chi connectivity index (χ4n) is 1.96. The van der Waals surface area contributed by atoms with Crippen molar-refractivity contribution in [2.75, 3.05) is 38.2 Å². The van der Waals surface area contributed by atoms with Gasteiger partial charge in [0.25, 0.3) is 0 Å². The molecule has 0 amide bonds. The van der Waals surface area contributed by atoms with E-state index >= 15 is 0 Å². The molecule has 1 fully saturated rings. The Morgan fingerprint density at radius 3 is 2.75 bits per heavy atom. The minimum absolute atomic E-state index is 0.170. The van der Waals surface area contributed by atoms with Crippen molar-refractivity contribution in [3.05, 3.63) is 12.2 Å². The Labute approximate surface area is 98.6 Å². The van der Waals surface area contributed by atoms with Gasteiger partial charge in [-0.1, -0.05) is 13.5 Å². The molecule has 1 heterocycles. The van der Waals surface area contributed by atoms with Gasteiger partial charge < -0.3 is 5.32 Å². The summed E-state index contributed by atoms with van der Waals surface area (Å²) in [5, 5.41) is 3.22. The van der Waals surface area contributed by atoms with Crippen LogP contribution in [0.2, 0.25) is 0 Å². The molecular formula is C11H22N2O2S. The summed E-state index contributed by atoms with van der Waals surface area (Å²) in [6.07, 6.45) is 0.757. The van der Waals surface area contributed by atoms with E-state index in [-0.39, 0.29) is 6.04 Å². The van der Waals surface area contributed by atoms with E-state index in [0.29, 0.717) is 11.5 Å². The van der Waals surface area contributed by atoms with Crippen LogP contribution in [0.3, 0.4) is 0 Å². The van der Waals surface area contributed by atoms with Gasteiger partial charge in [0.1, 0.15) is 0 Å². The van der Waals surface area contributed by atoms with Crippen LogP contribution in [0.15, 0.2) is 12.2 Å². The van der Waals surface area contributed by atoms with Crippen LogP contribution >= 0.6 is 0 Å². The third kappa shape index (κ3) is 4.23. The molecule has 1 aliphatic rings. The molecule has 0 aromatic rings. The fourth-order valence-corrected chi connectivity index (χ4v) is 3.77. The quantitative estimate of drug-likeness (QED) is 0.684. The first-order valence-electron chi connectivity index (χ1n) is 5.72. The zero-order valence-electron chi connectivity index (χ0n) is 10.2. The molecule has 5 heteroatoms. The Morgan fingerprint density at radius 2 is 2.25 bits per heavy atom. The molecule has 1 atom stereocenters. The second-order valence-corrected chi connectivity index (χ2v) is 6.73. The summed E-state index contributed by atoms with van der Waals surface area (Å²) < 4.78 is 22.7. The monoisotopic (exact) mass is 246 g/mol. The molecule has 94 valence electrons. The highest BCUT2D eigenvalue weighted by Crippen LogP contribution is 2.16. The lowest BCUT2D eigenvalue weighted by Crippen LogP contribution is -2.35. The largest absolute Gasteiger partial charge is 0.313 e. The van der Waals surface area contributed by atoms with Gasteiger partial charge in [-0.15, -0.1) is 0 Å². The van der Waals surface area contributed by atoms with E-state index in [9.17, 15) is 8.42 Å². The summed E-state index contributed by atoms with van der Waals surface area (Å²) in [6, 6.07) is 0.170. The van der Waals surface area contributed by atoms with Gasteiger partial charge in [0.2, 0.25) is 0 Å². The maximum absolute atomic E-state index is 11.3. The molecule has 0 aromatic carbocycles. The highest BCUT2D eigenvalue weighted by atomic mass is 32.2. The van der Waals surface area contributed by atoms with Gasteiger partial charge in [0.05, 0.1) is 11.5 Å². The molecule has 16 heavy (non-hydrogen) atoms.